The van der Waals surface area contributed by atoms with E-state index in [0.29, 0.717) is 5.56 Å². The Morgan fingerprint density at radius 3 is 1.88 bits per heavy atom. The van der Waals surface area contributed by atoms with Gasteiger partial charge >= 0.3 is 5.97 Å². The maximum atomic E-state index is 12.8. The summed E-state index contributed by atoms with van der Waals surface area (Å²) in [7, 11) is 0. The number of aliphatic hydroxyl groups is 1. The van der Waals surface area contributed by atoms with Crippen molar-refractivity contribution in [1.82, 2.24) is 16.0 Å². The van der Waals surface area contributed by atoms with E-state index >= 15 is 0 Å². The van der Waals surface area contributed by atoms with Gasteiger partial charge in [-0.2, -0.15) is 0 Å². The molecule has 0 saturated heterocycles. The lowest BCUT2D eigenvalue weighted by molar-refractivity contribution is -0.143. The summed E-state index contributed by atoms with van der Waals surface area (Å²) >= 11 is 0. The van der Waals surface area contributed by atoms with Crippen LogP contribution in [0.5, 0.6) is 5.75 Å². The second-order valence-corrected chi connectivity index (χ2v) is 8.48. The first-order valence-electron chi connectivity index (χ1n) is 10.7. The fraction of sp³-hybridized carbons (Fsp3) is 0.545. The van der Waals surface area contributed by atoms with Crippen molar-refractivity contribution >= 4 is 23.7 Å². The van der Waals surface area contributed by atoms with Crippen molar-refractivity contribution in [1.29, 1.82) is 0 Å². The summed E-state index contributed by atoms with van der Waals surface area (Å²) in [6, 6.07) is 1.17. The zero-order valence-corrected chi connectivity index (χ0v) is 19.2. The fourth-order valence-electron chi connectivity index (χ4n) is 2.99. The van der Waals surface area contributed by atoms with E-state index < -0.39 is 54.0 Å². The average molecular weight is 467 g/mol. The predicted octanol–water partition coefficient (Wildman–Crippen LogP) is -0.752. The lowest BCUT2D eigenvalue weighted by Crippen LogP contribution is -2.60. The first kappa shape index (κ1) is 27.9. The van der Waals surface area contributed by atoms with E-state index in [1.807, 2.05) is 13.8 Å². The molecule has 8 N–H and O–H groups in total. The lowest BCUT2D eigenvalue weighted by atomic mass is 10.0. The predicted molar refractivity (Wildman–Crippen MR) is 120 cm³/mol. The SMILES string of the molecule is CC(C)CC(NC(=O)C(C)N)C(=O)NC(C(=O)NC(Cc1ccc(O)cc1)C(=O)O)C(C)O. The number of hydrogen-bond acceptors (Lipinski definition) is 7. The molecule has 11 heteroatoms. The molecule has 1 rings (SSSR count). The average Bonchev–Trinajstić information content (AvgIpc) is 2.71. The Bertz CT molecular complexity index is 825. The topological polar surface area (TPSA) is 191 Å². The summed E-state index contributed by atoms with van der Waals surface area (Å²) < 4.78 is 0. The molecule has 0 aliphatic heterocycles. The Morgan fingerprint density at radius 1 is 0.879 bits per heavy atom. The summed E-state index contributed by atoms with van der Waals surface area (Å²) in [5, 5.41) is 36.2. The van der Waals surface area contributed by atoms with Crippen LogP contribution in [0.25, 0.3) is 0 Å². The van der Waals surface area contributed by atoms with Crippen molar-refractivity contribution in [2.45, 2.75) is 70.8 Å². The van der Waals surface area contributed by atoms with E-state index in [1.54, 1.807) is 0 Å². The van der Waals surface area contributed by atoms with Gasteiger partial charge in [-0.15, -0.1) is 0 Å². The third kappa shape index (κ3) is 9.46. The minimum Gasteiger partial charge on any atom is -0.508 e. The second-order valence-electron chi connectivity index (χ2n) is 8.48. The van der Waals surface area contributed by atoms with E-state index in [4.69, 9.17) is 5.73 Å². The molecule has 11 nitrogen and oxygen atoms in total. The van der Waals surface area contributed by atoms with E-state index in [0.717, 1.165) is 0 Å². The normalized spacial score (nSPS) is 15.6. The summed E-state index contributed by atoms with van der Waals surface area (Å²) in [5.41, 5.74) is 6.10. The third-order valence-electron chi connectivity index (χ3n) is 4.81. The van der Waals surface area contributed by atoms with Gasteiger partial charge in [-0.3, -0.25) is 14.4 Å². The molecular formula is C22H34N4O7. The fourth-order valence-corrected chi connectivity index (χ4v) is 2.99. The molecule has 1 aromatic rings. The van der Waals surface area contributed by atoms with Gasteiger partial charge in [-0.05, 0) is 43.9 Å². The number of phenols is 1. The van der Waals surface area contributed by atoms with Crippen LogP contribution in [0.2, 0.25) is 0 Å². The standard InChI is InChI=1S/C22H34N4O7/c1-11(2)9-16(24-19(29)12(3)23)20(30)26-18(13(4)27)21(31)25-17(22(32)33)10-14-5-7-15(28)8-6-14/h5-8,11-13,16-18,27-28H,9-10,23H2,1-4H3,(H,24,29)(H,25,31)(H,26,30)(H,32,33). The highest BCUT2D eigenvalue weighted by Crippen LogP contribution is 2.12. The van der Waals surface area contributed by atoms with Crippen LogP contribution in [0.4, 0.5) is 0 Å². The van der Waals surface area contributed by atoms with Gasteiger partial charge in [0, 0.05) is 6.42 Å². The highest BCUT2D eigenvalue weighted by atomic mass is 16.4. The Morgan fingerprint density at radius 2 is 1.42 bits per heavy atom. The number of hydrogen-bond donors (Lipinski definition) is 7. The van der Waals surface area contributed by atoms with Gasteiger partial charge in [0.1, 0.15) is 23.9 Å². The van der Waals surface area contributed by atoms with Gasteiger partial charge in [-0.25, -0.2) is 4.79 Å². The number of phenolic OH excluding ortho intramolecular Hbond substituents is 1. The van der Waals surface area contributed by atoms with E-state index in [1.165, 1.54) is 38.1 Å². The van der Waals surface area contributed by atoms with Crippen LogP contribution in [0.1, 0.15) is 39.7 Å². The number of carboxylic acids is 1. The molecule has 184 valence electrons. The molecule has 33 heavy (non-hydrogen) atoms. The van der Waals surface area contributed by atoms with E-state index in [9.17, 15) is 34.5 Å². The lowest BCUT2D eigenvalue weighted by Gasteiger charge is -2.27. The van der Waals surface area contributed by atoms with Crippen LogP contribution in [0, 0.1) is 5.92 Å². The zero-order valence-electron chi connectivity index (χ0n) is 19.2. The summed E-state index contributed by atoms with van der Waals surface area (Å²) in [5.74, 6) is -3.42. The third-order valence-corrected chi connectivity index (χ3v) is 4.81. The first-order chi connectivity index (χ1) is 15.3. The molecule has 0 heterocycles. The number of amides is 3. The molecule has 0 aliphatic carbocycles. The number of aliphatic carboxylic acids is 1. The number of nitrogens with one attached hydrogen (secondary N) is 3. The molecule has 0 saturated carbocycles. The summed E-state index contributed by atoms with van der Waals surface area (Å²) in [6.07, 6.45) is -1.17. The van der Waals surface area contributed by atoms with Crippen LogP contribution < -0.4 is 21.7 Å². The Hall–Kier alpha value is -3.18. The number of carbonyl (C=O) groups excluding carboxylic acids is 3. The summed E-state index contributed by atoms with van der Waals surface area (Å²) in [6.45, 7) is 6.43. The number of carboxylic acid groups (broad SMARTS) is 1. The minimum atomic E-state index is -1.46. The van der Waals surface area contributed by atoms with E-state index in [2.05, 4.69) is 16.0 Å². The molecule has 0 aliphatic rings. The molecule has 0 spiro atoms. The number of rotatable bonds is 12. The smallest absolute Gasteiger partial charge is 0.326 e. The monoisotopic (exact) mass is 466 g/mol. The Kier molecular flexibility index (Phi) is 10.8. The zero-order chi connectivity index (χ0) is 25.3. The van der Waals surface area contributed by atoms with Crippen LogP contribution in [-0.2, 0) is 25.6 Å². The quantitative estimate of drug-likeness (QED) is 0.209. The van der Waals surface area contributed by atoms with Gasteiger partial charge in [-0.1, -0.05) is 26.0 Å². The number of carbonyl (C=O) groups is 4. The maximum absolute atomic E-state index is 12.8. The molecule has 1 aromatic carbocycles. The van der Waals surface area contributed by atoms with Crippen molar-refractivity contribution in [3.63, 3.8) is 0 Å². The van der Waals surface area contributed by atoms with Gasteiger partial charge in [0.25, 0.3) is 0 Å². The van der Waals surface area contributed by atoms with Crippen LogP contribution >= 0.6 is 0 Å². The van der Waals surface area contributed by atoms with E-state index in [-0.39, 0.29) is 24.5 Å². The molecular weight excluding hydrogens is 432 g/mol. The Labute approximate surface area is 192 Å². The van der Waals surface area contributed by atoms with Crippen LogP contribution in [-0.4, -0.2) is 69.3 Å². The second kappa shape index (κ2) is 12.8. The molecule has 5 unspecified atom stereocenters. The molecule has 0 fully saturated rings. The van der Waals surface area contributed by atoms with Crippen LogP contribution in [0.15, 0.2) is 24.3 Å². The minimum absolute atomic E-state index is 0.0126. The van der Waals surface area contributed by atoms with Gasteiger partial charge in [0.15, 0.2) is 0 Å². The number of aliphatic hydroxyl groups excluding tert-OH is 1. The maximum Gasteiger partial charge on any atom is 0.326 e. The molecule has 0 radical (unpaired) electrons. The summed E-state index contributed by atoms with van der Waals surface area (Å²) in [4.78, 5) is 49.2. The molecule has 0 aromatic heterocycles. The van der Waals surface area contributed by atoms with Gasteiger partial charge in [0.2, 0.25) is 17.7 Å². The van der Waals surface area contributed by atoms with Gasteiger partial charge in [0.05, 0.1) is 12.1 Å². The highest BCUT2D eigenvalue weighted by Gasteiger charge is 2.32. The number of nitrogens with two attached hydrogens (primary N) is 1. The van der Waals surface area contributed by atoms with Crippen molar-refractivity contribution in [3.8, 4) is 5.75 Å². The molecule has 0 bridgehead atoms. The first-order valence-corrected chi connectivity index (χ1v) is 10.7. The van der Waals surface area contributed by atoms with Crippen LogP contribution in [0.3, 0.4) is 0 Å². The number of benzene rings is 1. The van der Waals surface area contributed by atoms with Crippen molar-refractivity contribution < 1.29 is 34.5 Å². The van der Waals surface area contributed by atoms with Crippen molar-refractivity contribution in [3.05, 3.63) is 29.8 Å². The largest absolute Gasteiger partial charge is 0.508 e. The molecule has 3 amide bonds. The van der Waals surface area contributed by atoms with Crippen molar-refractivity contribution in [2.24, 2.45) is 11.7 Å². The van der Waals surface area contributed by atoms with Crippen molar-refractivity contribution in [2.75, 3.05) is 0 Å². The Balaban J connectivity index is 2.95. The number of aromatic hydroxyl groups is 1. The van der Waals surface area contributed by atoms with Gasteiger partial charge < -0.3 is 37.0 Å². The highest BCUT2D eigenvalue weighted by molar-refractivity contribution is 5.94. The molecule has 5 atom stereocenters.